The van der Waals surface area contributed by atoms with Crippen molar-refractivity contribution in [3.05, 3.63) is 70.8 Å². The zero-order chi connectivity index (χ0) is 12.8. The highest BCUT2D eigenvalue weighted by atomic mass is 15.2. The van der Waals surface area contributed by atoms with Crippen molar-refractivity contribution >= 4 is 0 Å². The van der Waals surface area contributed by atoms with Gasteiger partial charge >= 0.3 is 0 Å². The van der Waals surface area contributed by atoms with Crippen LogP contribution in [0.1, 0.15) is 41.1 Å². The first-order valence-electron chi connectivity index (χ1n) is 7.24. The van der Waals surface area contributed by atoms with Gasteiger partial charge in [-0.3, -0.25) is 4.90 Å². The van der Waals surface area contributed by atoms with E-state index in [1.165, 1.54) is 18.5 Å². The van der Waals surface area contributed by atoms with E-state index in [0.717, 1.165) is 6.54 Å². The average Bonchev–Trinajstić information content (AvgIpc) is 2.47. The van der Waals surface area contributed by atoms with Gasteiger partial charge in [-0.25, -0.2) is 0 Å². The van der Waals surface area contributed by atoms with Crippen LogP contribution in [0.15, 0.2) is 48.5 Å². The molecule has 19 heavy (non-hydrogen) atoms. The molecule has 1 nitrogen and oxygen atoms in total. The Hall–Kier alpha value is -1.60. The van der Waals surface area contributed by atoms with Crippen LogP contribution in [-0.2, 0) is 13.0 Å². The van der Waals surface area contributed by atoms with Crippen LogP contribution < -0.4 is 0 Å². The number of rotatable bonds is 0. The van der Waals surface area contributed by atoms with Gasteiger partial charge < -0.3 is 0 Å². The highest BCUT2D eigenvalue weighted by Gasteiger charge is 2.36. The summed E-state index contributed by atoms with van der Waals surface area (Å²) in [5.41, 5.74) is 6.16. The minimum Gasteiger partial charge on any atom is -0.291 e. The molecule has 0 saturated heterocycles. The lowest BCUT2D eigenvalue weighted by Crippen LogP contribution is -2.40. The summed E-state index contributed by atoms with van der Waals surface area (Å²) >= 11 is 0. The monoisotopic (exact) mass is 249 g/mol. The van der Waals surface area contributed by atoms with Gasteiger partial charge in [0.1, 0.15) is 0 Å². The molecule has 1 heteroatoms. The van der Waals surface area contributed by atoms with Crippen molar-refractivity contribution < 1.29 is 0 Å². The van der Waals surface area contributed by atoms with E-state index in [1.807, 2.05) is 0 Å². The summed E-state index contributed by atoms with van der Waals surface area (Å²) in [5.74, 6) is 0.589. The molecule has 0 bridgehead atoms. The molecule has 0 saturated carbocycles. The number of hydrogen-bond donors (Lipinski definition) is 0. The van der Waals surface area contributed by atoms with E-state index in [4.69, 9.17) is 0 Å². The molecule has 2 aromatic carbocycles. The molecule has 0 aromatic heterocycles. The smallest absolute Gasteiger partial charge is 0.0420 e. The highest BCUT2D eigenvalue weighted by Crippen LogP contribution is 2.45. The molecule has 96 valence electrons. The summed E-state index contributed by atoms with van der Waals surface area (Å²) in [4.78, 5) is 2.66. The van der Waals surface area contributed by atoms with Gasteiger partial charge in [0.2, 0.25) is 0 Å². The van der Waals surface area contributed by atoms with Crippen LogP contribution >= 0.6 is 0 Å². The molecule has 0 amide bonds. The Morgan fingerprint density at radius 3 is 2.42 bits per heavy atom. The van der Waals surface area contributed by atoms with Crippen molar-refractivity contribution in [3.63, 3.8) is 0 Å². The Balaban J connectivity index is 1.85. The molecular formula is C18H19N. The molecule has 1 unspecified atom stereocenters. The van der Waals surface area contributed by atoms with Crippen molar-refractivity contribution in [2.45, 2.75) is 31.8 Å². The second kappa shape index (κ2) is 4.21. The summed E-state index contributed by atoms with van der Waals surface area (Å²) in [7, 11) is 0. The number of hydrogen-bond acceptors (Lipinski definition) is 1. The Morgan fingerprint density at radius 2 is 1.58 bits per heavy atom. The van der Waals surface area contributed by atoms with Gasteiger partial charge in [-0.2, -0.15) is 0 Å². The van der Waals surface area contributed by atoms with Crippen LogP contribution in [0.2, 0.25) is 0 Å². The molecule has 2 aromatic rings. The molecule has 2 aliphatic rings. The zero-order valence-electron chi connectivity index (χ0n) is 11.3. The second-order valence-electron chi connectivity index (χ2n) is 5.85. The Morgan fingerprint density at radius 1 is 0.895 bits per heavy atom. The molecule has 0 spiro atoms. The highest BCUT2D eigenvalue weighted by molar-refractivity contribution is 5.41. The predicted molar refractivity (Wildman–Crippen MR) is 78.2 cm³/mol. The standard InChI is InChI=1S/C18H19N/c1-13-16-8-4-3-7-15(16)12-19-11-10-14-6-2-5-9-17(14)18(13)19/h2-9,13,18H,10-12H2,1H3/t13-,18?/m0/s1. The van der Waals surface area contributed by atoms with Gasteiger partial charge in [-0.1, -0.05) is 55.5 Å². The van der Waals surface area contributed by atoms with E-state index in [-0.39, 0.29) is 0 Å². The maximum Gasteiger partial charge on any atom is 0.0420 e. The van der Waals surface area contributed by atoms with Crippen LogP contribution in [0, 0.1) is 0 Å². The van der Waals surface area contributed by atoms with Crippen molar-refractivity contribution in [2.75, 3.05) is 6.54 Å². The van der Waals surface area contributed by atoms with E-state index >= 15 is 0 Å². The maximum absolute atomic E-state index is 2.66. The molecule has 2 heterocycles. The normalized spacial score (nSPS) is 25.3. The number of nitrogens with zero attached hydrogens (tertiary/aromatic N) is 1. The quantitative estimate of drug-likeness (QED) is 0.684. The molecule has 2 aliphatic heterocycles. The fourth-order valence-corrected chi connectivity index (χ4v) is 3.92. The molecule has 2 atom stereocenters. The third-order valence-electron chi connectivity index (χ3n) is 4.83. The summed E-state index contributed by atoms with van der Waals surface area (Å²) in [5, 5.41) is 0. The lowest BCUT2D eigenvalue weighted by Gasteiger charge is -2.45. The largest absolute Gasteiger partial charge is 0.291 e. The fraction of sp³-hybridized carbons (Fsp3) is 0.333. The van der Waals surface area contributed by atoms with Gasteiger partial charge in [0.15, 0.2) is 0 Å². The molecule has 0 N–H and O–H groups in total. The second-order valence-corrected chi connectivity index (χ2v) is 5.85. The van der Waals surface area contributed by atoms with Crippen molar-refractivity contribution in [1.29, 1.82) is 0 Å². The summed E-state index contributed by atoms with van der Waals surface area (Å²) in [6.45, 7) is 4.69. The zero-order valence-corrected chi connectivity index (χ0v) is 11.3. The van der Waals surface area contributed by atoms with Gasteiger partial charge in [0.25, 0.3) is 0 Å². The molecule has 0 fully saturated rings. The third-order valence-corrected chi connectivity index (χ3v) is 4.83. The van der Waals surface area contributed by atoms with E-state index in [1.54, 1.807) is 16.7 Å². The van der Waals surface area contributed by atoms with E-state index in [9.17, 15) is 0 Å². The van der Waals surface area contributed by atoms with Gasteiger partial charge in [0.05, 0.1) is 0 Å². The van der Waals surface area contributed by atoms with E-state index in [0.29, 0.717) is 12.0 Å². The van der Waals surface area contributed by atoms with Crippen LogP contribution in [0.5, 0.6) is 0 Å². The molecule has 0 radical (unpaired) electrons. The van der Waals surface area contributed by atoms with Crippen molar-refractivity contribution in [1.82, 2.24) is 4.90 Å². The number of benzene rings is 2. The summed E-state index contributed by atoms with van der Waals surface area (Å²) < 4.78 is 0. The molecule has 0 aliphatic carbocycles. The van der Waals surface area contributed by atoms with Gasteiger partial charge in [-0.15, -0.1) is 0 Å². The average molecular weight is 249 g/mol. The molecular weight excluding hydrogens is 230 g/mol. The van der Waals surface area contributed by atoms with Crippen LogP contribution in [0.4, 0.5) is 0 Å². The molecule has 4 rings (SSSR count). The van der Waals surface area contributed by atoms with E-state index in [2.05, 4.69) is 60.4 Å². The topological polar surface area (TPSA) is 3.24 Å². The van der Waals surface area contributed by atoms with Gasteiger partial charge in [-0.05, 0) is 28.7 Å². The first-order valence-corrected chi connectivity index (χ1v) is 7.24. The van der Waals surface area contributed by atoms with E-state index < -0.39 is 0 Å². The Labute approximate surface area is 114 Å². The lowest BCUT2D eigenvalue weighted by molar-refractivity contribution is 0.139. The number of fused-ring (bicyclic) bond motifs is 4. The fourth-order valence-electron chi connectivity index (χ4n) is 3.92. The van der Waals surface area contributed by atoms with Gasteiger partial charge in [0, 0.05) is 25.0 Å². The van der Waals surface area contributed by atoms with Crippen LogP contribution in [-0.4, -0.2) is 11.4 Å². The van der Waals surface area contributed by atoms with Crippen LogP contribution in [0.25, 0.3) is 0 Å². The Bertz CT molecular complexity index is 617. The van der Waals surface area contributed by atoms with Crippen LogP contribution in [0.3, 0.4) is 0 Å². The summed E-state index contributed by atoms with van der Waals surface area (Å²) in [6.07, 6.45) is 1.20. The maximum atomic E-state index is 2.66. The lowest BCUT2D eigenvalue weighted by atomic mass is 9.77. The van der Waals surface area contributed by atoms with Crippen molar-refractivity contribution in [2.24, 2.45) is 0 Å². The SMILES string of the molecule is C[C@H]1c2ccccc2CN2CCc3ccccc3C12. The third kappa shape index (κ3) is 1.65. The Kier molecular flexibility index (Phi) is 2.49. The summed E-state index contributed by atoms with van der Waals surface area (Å²) in [6, 6.07) is 18.5. The predicted octanol–water partition coefficient (Wildman–Crippen LogP) is 3.90. The van der Waals surface area contributed by atoms with Crippen molar-refractivity contribution in [3.8, 4) is 0 Å². The first-order chi connectivity index (χ1) is 9.34. The minimum absolute atomic E-state index is 0.569. The first kappa shape index (κ1) is 11.2. The minimum atomic E-state index is 0.569.